The Bertz CT molecular complexity index is 1010. The van der Waals surface area contributed by atoms with Gasteiger partial charge in [-0.3, -0.25) is 9.79 Å². The molecule has 0 saturated carbocycles. The number of fused-ring (bicyclic) bond motifs is 1. The molecule has 0 bridgehead atoms. The maximum Gasteiger partial charge on any atom is 0.191 e. The van der Waals surface area contributed by atoms with E-state index in [-0.39, 0.29) is 5.78 Å². The van der Waals surface area contributed by atoms with Crippen LogP contribution < -0.4 is 0 Å². The van der Waals surface area contributed by atoms with E-state index >= 15 is 0 Å². The van der Waals surface area contributed by atoms with Crippen LogP contribution in [0.15, 0.2) is 58.7 Å². The second-order valence-corrected chi connectivity index (χ2v) is 7.34. The standard InChI is InChI=1S/C19H15ClN4OS/c1-24-18(12-5-3-2-4-6-12)22-23-19(24)26-11-14-10-17(25)15-9-13(20)7-8-16(15)21-14/h2-9H,10-11H2,1H3. The average Bonchev–Trinajstić information content (AvgIpc) is 3.02. The van der Waals surface area contributed by atoms with Gasteiger partial charge in [-0.15, -0.1) is 10.2 Å². The quantitative estimate of drug-likeness (QED) is 0.619. The molecular formula is C19H15ClN4OS. The van der Waals surface area contributed by atoms with E-state index in [0.29, 0.717) is 28.4 Å². The third-order valence-electron chi connectivity index (χ3n) is 4.14. The lowest BCUT2D eigenvalue weighted by atomic mass is 10.0. The Kier molecular flexibility index (Phi) is 4.61. The fourth-order valence-corrected chi connectivity index (χ4v) is 3.84. The first-order chi connectivity index (χ1) is 12.6. The van der Waals surface area contributed by atoms with Gasteiger partial charge in [-0.05, 0) is 18.2 Å². The summed E-state index contributed by atoms with van der Waals surface area (Å²) in [4.78, 5) is 16.9. The second-order valence-electron chi connectivity index (χ2n) is 5.96. The minimum absolute atomic E-state index is 0.0519. The van der Waals surface area contributed by atoms with E-state index in [1.807, 2.05) is 41.9 Å². The normalized spacial score (nSPS) is 13.5. The molecule has 130 valence electrons. The number of nitrogens with zero attached hydrogens (tertiary/aromatic N) is 4. The number of hydrogen-bond acceptors (Lipinski definition) is 5. The molecule has 1 aliphatic heterocycles. The van der Waals surface area contributed by atoms with Crippen molar-refractivity contribution in [3.8, 4) is 11.4 Å². The zero-order valence-electron chi connectivity index (χ0n) is 14.0. The van der Waals surface area contributed by atoms with Crippen LogP contribution in [0.5, 0.6) is 0 Å². The van der Waals surface area contributed by atoms with Crippen LogP contribution in [0.2, 0.25) is 5.02 Å². The third kappa shape index (κ3) is 3.30. The Labute approximate surface area is 160 Å². The fraction of sp³-hybridized carbons (Fsp3) is 0.158. The number of thioether (sulfide) groups is 1. The van der Waals surface area contributed by atoms with Gasteiger partial charge in [-0.2, -0.15) is 0 Å². The van der Waals surface area contributed by atoms with E-state index in [1.165, 1.54) is 11.8 Å². The van der Waals surface area contributed by atoms with Gasteiger partial charge in [0.1, 0.15) is 0 Å². The minimum atomic E-state index is 0.0519. The van der Waals surface area contributed by atoms with Gasteiger partial charge in [0, 0.05) is 34.7 Å². The number of carbonyl (C=O) groups is 1. The molecule has 4 rings (SSSR count). The zero-order valence-corrected chi connectivity index (χ0v) is 15.6. The lowest BCUT2D eigenvalue weighted by molar-refractivity contribution is 0.0999. The van der Waals surface area contributed by atoms with Crippen molar-refractivity contribution in [2.75, 3.05) is 5.75 Å². The summed E-state index contributed by atoms with van der Waals surface area (Å²) in [7, 11) is 1.94. The van der Waals surface area contributed by atoms with Gasteiger partial charge < -0.3 is 4.57 Å². The van der Waals surface area contributed by atoms with Gasteiger partial charge >= 0.3 is 0 Å². The van der Waals surface area contributed by atoms with E-state index in [9.17, 15) is 4.79 Å². The fourth-order valence-electron chi connectivity index (χ4n) is 2.83. The van der Waals surface area contributed by atoms with Gasteiger partial charge in [0.25, 0.3) is 0 Å². The smallest absolute Gasteiger partial charge is 0.191 e. The summed E-state index contributed by atoms with van der Waals surface area (Å²) >= 11 is 7.50. The number of hydrogen-bond donors (Lipinski definition) is 0. The molecule has 2 heterocycles. The van der Waals surface area contributed by atoms with Crippen molar-refractivity contribution in [1.29, 1.82) is 0 Å². The van der Waals surface area contributed by atoms with Crippen LogP contribution in [0.4, 0.5) is 5.69 Å². The molecule has 0 atom stereocenters. The highest BCUT2D eigenvalue weighted by molar-refractivity contribution is 7.99. The largest absolute Gasteiger partial charge is 0.305 e. The molecule has 0 fully saturated rings. The van der Waals surface area contributed by atoms with E-state index < -0.39 is 0 Å². The van der Waals surface area contributed by atoms with Crippen LogP contribution in [-0.2, 0) is 7.05 Å². The van der Waals surface area contributed by atoms with E-state index in [1.54, 1.807) is 18.2 Å². The maximum absolute atomic E-state index is 12.3. The Hall–Kier alpha value is -2.44. The lowest BCUT2D eigenvalue weighted by Gasteiger charge is -2.14. The van der Waals surface area contributed by atoms with Crippen LogP contribution in [0, 0.1) is 0 Å². The Morgan fingerprint density at radius 1 is 1.15 bits per heavy atom. The van der Waals surface area contributed by atoms with Crippen molar-refractivity contribution < 1.29 is 4.79 Å². The van der Waals surface area contributed by atoms with Gasteiger partial charge in [0.15, 0.2) is 16.8 Å². The zero-order chi connectivity index (χ0) is 18.1. The van der Waals surface area contributed by atoms with E-state index in [4.69, 9.17) is 11.6 Å². The average molecular weight is 383 g/mol. The SMILES string of the molecule is Cn1c(SCC2=Nc3ccc(Cl)cc3C(=O)C2)nnc1-c1ccccc1. The highest BCUT2D eigenvalue weighted by atomic mass is 35.5. The molecule has 0 amide bonds. The first-order valence-corrected chi connectivity index (χ1v) is 9.45. The number of benzene rings is 2. The first-order valence-electron chi connectivity index (χ1n) is 8.08. The van der Waals surface area contributed by atoms with Crippen molar-refractivity contribution in [3.63, 3.8) is 0 Å². The molecule has 5 nitrogen and oxygen atoms in total. The Balaban J connectivity index is 1.53. The van der Waals surface area contributed by atoms with Crippen molar-refractivity contribution >= 4 is 40.5 Å². The number of aromatic nitrogens is 3. The van der Waals surface area contributed by atoms with Crippen molar-refractivity contribution in [3.05, 3.63) is 59.1 Å². The molecule has 0 spiro atoms. The topological polar surface area (TPSA) is 60.1 Å². The molecule has 1 aromatic heterocycles. The number of ketones is 1. The number of Topliss-reactive ketones (excluding diaryl/α,β-unsaturated/α-hetero) is 1. The monoisotopic (exact) mass is 382 g/mol. The summed E-state index contributed by atoms with van der Waals surface area (Å²) in [5.74, 6) is 1.46. The lowest BCUT2D eigenvalue weighted by Crippen LogP contribution is -2.15. The summed E-state index contributed by atoms with van der Waals surface area (Å²) in [5.41, 5.74) is 3.13. The molecule has 0 aliphatic carbocycles. The number of carbonyl (C=O) groups excluding carboxylic acids is 1. The molecule has 0 radical (unpaired) electrons. The molecule has 26 heavy (non-hydrogen) atoms. The summed E-state index contributed by atoms with van der Waals surface area (Å²) in [5, 5.41) is 9.90. The highest BCUT2D eigenvalue weighted by Crippen LogP contribution is 2.30. The van der Waals surface area contributed by atoms with Crippen LogP contribution in [0.3, 0.4) is 0 Å². The summed E-state index contributed by atoms with van der Waals surface area (Å²) in [6.07, 6.45) is 0.309. The maximum atomic E-state index is 12.3. The first kappa shape index (κ1) is 17.0. The van der Waals surface area contributed by atoms with Crippen molar-refractivity contribution in [1.82, 2.24) is 14.8 Å². The second kappa shape index (κ2) is 7.05. The molecule has 7 heteroatoms. The van der Waals surface area contributed by atoms with E-state index in [0.717, 1.165) is 22.3 Å². The summed E-state index contributed by atoms with van der Waals surface area (Å²) in [6.45, 7) is 0. The molecule has 2 aromatic carbocycles. The molecule has 1 aliphatic rings. The summed E-state index contributed by atoms with van der Waals surface area (Å²) < 4.78 is 1.96. The van der Waals surface area contributed by atoms with Gasteiger partial charge in [-0.25, -0.2) is 0 Å². The van der Waals surface area contributed by atoms with Crippen molar-refractivity contribution in [2.24, 2.45) is 12.0 Å². The molecule has 0 saturated heterocycles. The van der Waals surface area contributed by atoms with E-state index in [2.05, 4.69) is 15.2 Å². The third-order valence-corrected chi connectivity index (χ3v) is 5.46. The molecule has 3 aromatic rings. The van der Waals surface area contributed by atoms with Crippen LogP contribution >= 0.6 is 23.4 Å². The van der Waals surface area contributed by atoms with Gasteiger partial charge in [0.05, 0.1) is 12.1 Å². The number of rotatable bonds is 4. The predicted octanol–water partition coefficient (Wildman–Crippen LogP) is 4.59. The van der Waals surface area contributed by atoms with Crippen LogP contribution in [0.25, 0.3) is 11.4 Å². The van der Waals surface area contributed by atoms with Gasteiger partial charge in [0.2, 0.25) is 0 Å². The van der Waals surface area contributed by atoms with Gasteiger partial charge in [-0.1, -0.05) is 53.7 Å². The predicted molar refractivity (Wildman–Crippen MR) is 105 cm³/mol. The number of aliphatic imine (C=N–C) groups is 1. The summed E-state index contributed by atoms with van der Waals surface area (Å²) in [6, 6.07) is 15.2. The molecule has 0 unspecified atom stereocenters. The Morgan fingerprint density at radius 2 is 1.96 bits per heavy atom. The van der Waals surface area contributed by atoms with Crippen LogP contribution in [0.1, 0.15) is 16.8 Å². The van der Waals surface area contributed by atoms with Crippen LogP contribution in [-0.4, -0.2) is 32.0 Å². The Morgan fingerprint density at radius 3 is 2.77 bits per heavy atom. The minimum Gasteiger partial charge on any atom is -0.305 e. The number of halogens is 1. The molecule has 0 N–H and O–H groups in total. The van der Waals surface area contributed by atoms with Crippen molar-refractivity contribution in [2.45, 2.75) is 11.6 Å². The highest BCUT2D eigenvalue weighted by Gasteiger charge is 2.21. The molecular weight excluding hydrogens is 368 g/mol.